The Labute approximate surface area is 233 Å². The molecule has 14 heteroatoms. The Bertz CT molecular complexity index is 1610. The van der Waals surface area contributed by atoms with E-state index in [1.54, 1.807) is 42.5 Å². The fourth-order valence-corrected chi connectivity index (χ4v) is 4.65. The number of ether oxygens (including phenoxy) is 1. The molecule has 1 aromatic heterocycles. The van der Waals surface area contributed by atoms with Gasteiger partial charge >= 0.3 is 12.5 Å². The third-order valence-electron chi connectivity index (χ3n) is 5.97. The van der Waals surface area contributed by atoms with Crippen LogP contribution in [0.2, 0.25) is 0 Å². The molecule has 0 aliphatic heterocycles. The molecule has 1 unspecified atom stereocenters. The molecule has 4 N–H and O–H groups in total. The van der Waals surface area contributed by atoms with Crippen molar-refractivity contribution in [1.29, 1.82) is 0 Å². The molecule has 0 fully saturated rings. The first-order valence-corrected chi connectivity index (χ1v) is 13.3. The molecule has 41 heavy (non-hydrogen) atoms. The smallest absolute Gasteiger partial charge is 0.406 e. The highest BCUT2D eigenvalue weighted by Crippen LogP contribution is 2.35. The largest absolute Gasteiger partial charge is 0.573 e. The van der Waals surface area contributed by atoms with Gasteiger partial charge in [-0.3, -0.25) is 9.22 Å². The van der Waals surface area contributed by atoms with Gasteiger partial charge in [0.05, 0.1) is 17.1 Å². The molecule has 0 saturated carbocycles. The second-order valence-electron chi connectivity index (χ2n) is 8.72. The molecule has 0 spiro atoms. The Balaban J connectivity index is 1.86. The van der Waals surface area contributed by atoms with Gasteiger partial charge in [-0.2, -0.15) is 13.2 Å². The Morgan fingerprint density at radius 3 is 2.22 bits per heavy atom. The molecule has 1 atom stereocenters. The average molecular weight is 596 g/mol. The maximum Gasteiger partial charge on any atom is 0.573 e. The molecule has 0 amide bonds. The summed E-state index contributed by atoms with van der Waals surface area (Å²) >= 11 is 0. The highest BCUT2D eigenvalue weighted by atomic mass is 32.2. The molecule has 0 radical (unpaired) electrons. The third-order valence-corrected chi connectivity index (χ3v) is 6.89. The van der Waals surface area contributed by atoms with Gasteiger partial charge in [-0.15, -0.1) is 13.2 Å². The molecule has 1 heterocycles. The van der Waals surface area contributed by atoms with Crippen LogP contribution in [0.1, 0.15) is 17.1 Å². The van der Waals surface area contributed by atoms with Crippen LogP contribution in [0, 0.1) is 6.92 Å². The fraction of sp³-hybridized carbons (Fsp3) is 0.148. The van der Waals surface area contributed by atoms with Crippen molar-refractivity contribution >= 4 is 22.2 Å². The SMILES string of the molecule is Cc1nc(C(F)(F)F)cn1-c1ccc(-c2cccc(S(C)=O)c2)cc1/C(=C/N)N(N)c1ccc(OC(F)(F)F)cc1. The van der Waals surface area contributed by atoms with Crippen molar-refractivity contribution in [2.75, 3.05) is 11.3 Å². The molecule has 0 aliphatic rings. The second-order valence-corrected chi connectivity index (χ2v) is 10.1. The zero-order valence-electron chi connectivity index (χ0n) is 21.5. The van der Waals surface area contributed by atoms with Crippen molar-refractivity contribution in [3.63, 3.8) is 0 Å². The normalized spacial score (nSPS) is 13.2. The highest BCUT2D eigenvalue weighted by molar-refractivity contribution is 7.84. The van der Waals surface area contributed by atoms with Crippen LogP contribution < -0.4 is 21.3 Å². The van der Waals surface area contributed by atoms with Gasteiger partial charge in [0.15, 0.2) is 5.69 Å². The van der Waals surface area contributed by atoms with Gasteiger partial charge in [0.1, 0.15) is 11.6 Å². The van der Waals surface area contributed by atoms with Gasteiger partial charge in [-0.1, -0.05) is 18.2 Å². The van der Waals surface area contributed by atoms with E-state index in [-0.39, 0.29) is 28.5 Å². The lowest BCUT2D eigenvalue weighted by Crippen LogP contribution is -2.30. The van der Waals surface area contributed by atoms with Gasteiger partial charge < -0.3 is 15.0 Å². The number of imidazole rings is 1. The maximum absolute atomic E-state index is 13.5. The summed E-state index contributed by atoms with van der Waals surface area (Å²) in [6, 6.07) is 16.4. The van der Waals surface area contributed by atoms with Gasteiger partial charge in [0.2, 0.25) is 0 Å². The van der Waals surface area contributed by atoms with Crippen molar-refractivity contribution in [2.45, 2.75) is 24.4 Å². The van der Waals surface area contributed by atoms with E-state index < -0.39 is 34.8 Å². The standard InChI is InChI=1S/C27H23F6N5O2S/c1-16-36-25(26(28,29)30)15-37(16)23-11-6-18(17-4-3-5-21(12-17)41(2)39)13-22(23)24(14-34)38(35)19-7-9-20(10-8-19)40-27(31,32)33/h3-15H,34-35H2,1-2H3/b24-14-. The first-order valence-electron chi connectivity index (χ1n) is 11.7. The molecular formula is C27H23F6N5O2S. The number of benzene rings is 3. The van der Waals surface area contributed by atoms with Crippen LogP contribution in [0.3, 0.4) is 0 Å². The summed E-state index contributed by atoms with van der Waals surface area (Å²) in [7, 11) is -1.27. The molecular weight excluding hydrogens is 572 g/mol. The Kier molecular flexibility index (Phi) is 8.17. The zero-order chi connectivity index (χ0) is 30.1. The molecule has 4 rings (SSSR count). The number of anilines is 1. The van der Waals surface area contributed by atoms with Gasteiger partial charge in [0.25, 0.3) is 0 Å². The summed E-state index contributed by atoms with van der Waals surface area (Å²) in [5.74, 6) is 5.90. The van der Waals surface area contributed by atoms with Crippen LogP contribution in [-0.2, 0) is 17.0 Å². The molecule has 4 aromatic rings. The van der Waals surface area contributed by atoms with Gasteiger partial charge in [0, 0.05) is 39.9 Å². The number of alkyl halides is 6. The van der Waals surface area contributed by atoms with Crippen LogP contribution in [0.15, 0.2) is 84.0 Å². The van der Waals surface area contributed by atoms with Crippen molar-refractivity contribution in [3.8, 4) is 22.6 Å². The Morgan fingerprint density at radius 1 is 1.00 bits per heavy atom. The van der Waals surface area contributed by atoms with Crippen molar-refractivity contribution in [3.05, 3.63) is 96.2 Å². The number of hydrazine groups is 1. The van der Waals surface area contributed by atoms with Crippen LogP contribution >= 0.6 is 0 Å². The van der Waals surface area contributed by atoms with E-state index in [1.807, 2.05) is 0 Å². The molecule has 7 nitrogen and oxygen atoms in total. The highest BCUT2D eigenvalue weighted by Gasteiger charge is 2.35. The molecule has 3 aromatic carbocycles. The van der Waals surface area contributed by atoms with E-state index in [2.05, 4.69) is 9.72 Å². The Hall–Kier alpha value is -4.30. The molecule has 0 saturated heterocycles. The topological polar surface area (TPSA) is 99.4 Å². The van der Waals surface area contributed by atoms with Crippen LogP contribution in [-0.4, -0.2) is 26.4 Å². The number of nitrogens with zero attached hydrogens (tertiary/aromatic N) is 3. The molecule has 216 valence electrons. The van der Waals surface area contributed by atoms with Crippen molar-refractivity contribution in [1.82, 2.24) is 9.55 Å². The second kappa shape index (κ2) is 11.3. The summed E-state index contributed by atoms with van der Waals surface area (Å²) in [5.41, 5.74) is 6.97. The van der Waals surface area contributed by atoms with E-state index in [9.17, 15) is 30.6 Å². The lowest BCUT2D eigenvalue weighted by molar-refractivity contribution is -0.274. The quantitative estimate of drug-likeness (QED) is 0.151. The van der Waals surface area contributed by atoms with Crippen molar-refractivity contribution in [2.24, 2.45) is 11.6 Å². The summed E-state index contributed by atoms with van der Waals surface area (Å²) in [4.78, 5) is 4.20. The van der Waals surface area contributed by atoms with Crippen molar-refractivity contribution < 1.29 is 35.3 Å². The monoisotopic (exact) mass is 595 g/mol. The number of hydrogen-bond donors (Lipinski definition) is 2. The Morgan fingerprint density at radius 2 is 1.66 bits per heavy atom. The number of halogens is 6. The first kappa shape index (κ1) is 29.7. The van der Waals surface area contributed by atoms with E-state index in [0.717, 1.165) is 29.5 Å². The number of hydrogen-bond acceptors (Lipinski definition) is 6. The molecule has 0 aliphatic carbocycles. The minimum Gasteiger partial charge on any atom is -0.406 e. The summed E-state index contributed by atoms with van der Waals surface area (Å²) in [5, 5.41) is 1.08. The van der Waals surface area contributed by atoms with E-state index in [1.165, 1.54) is 29.9 Å². The van der Waals surface area contributed by atoms with Gasteiger partial charge in [-0.25, -0.2) is 10.8 Å². The summed E-state index contributed by atoms with van der Waals surface area (Å²) < 4.78 is 95.3. The minimum atomic E-state index is -4.89. The molecule has 0 bridgehead atoms. The summed E-state index contributed by atoms with van der Waals surface area (Å²) in [6.07, 6.45) is -6.09. The van der Waals surface area contributed by atoms with E-state index >= 15 is 0 Å². The number of rotatable bonds is 7. The first-order chi connectivity index (χ1) is 19.2. The fourth-order valence-electron chi connectivity index (χ4n) is 4.09. The van der Waals surface area contributed by atoms with Crippen LogP contribution in [0.25, 0.3) is 22.5 Å². The summed E-state index contributed by atoms with van der Waals surface area (Å²) in [6.45, 7) is 1.40. The predicted molar refractivity (Wildman–Crippen MR) is 143 cm³/mol. The van der Waals surface area contributed by atoms with Gasteiger partial charge in [-0.05, 0) is 66.6 Å². The zero-order valence-corrected chi connectivity index (χ0v) is 22.3. The van der Waals surface area contributed by atoms with E-state index in [0.29, 0.717) is 16.0 Å². The third kappa shape index (κ3) is 6.72. The van der Waals surface area contributed by atoms with Crippen LogP contribution in [0.5, 0.6) is 5.75 Å². The number of aromatic nitrogens is 2. The number of nitrogens with two attached hydrogens (primary N) is 2. The average Bonchev–Trinajstić information content (AvgIpc) is 3.30. The predicted octanol–water partition coefficient (Wildman–Crippen LogP) is 6.14. The number of aryl methyl sites for hydroxylation is 1. The minimum absolute atomic E-state index is 0.0308. The lowest BCUT2D eigenvalue weighted by Gasteiger charge is -2.25. The lowest BCUT2D eigenvalue weighted by atomic mass is 9.99. The van der Waals surface area contributed by atoms with E-state index in [4.69, 9.17) is 11.6 Å². The maximum atomic E-state index is 13.5. The van der Waals surface area contributed by atoms with Crippen LogP contribution in [0.4, 0.5) is 32.0 Å².